The van der Waals surface area contributed by atoms with Crippen LogP contribution in [0.1, 0.15) is 24.9 Å². The molecule has 3 rings (SSSR count). The molecule has 1 aliphatic rings. The van der Waals surface area contributed by atoms with Crippen LogP contribution in [0.15, 0.2) is 36.5 Å². The van der Waals surface area contributed by atoms with Gasteiger partial charge in [0.25, 0.3) is 0 Å². The first-order valence-corrected chi connectivity index (χ1v) is 5.86. The molecule has 0 spiro atoms. The second kappa shape index (κ2) is 3.56. The van der Waals surface area contributed by atoms with Crippen LogP contribution in [-0.2, 0) is 0 Å². The van der Waals surface area contributed by atoms with Gasteiger partial charge >= 0.3 is 0 Å². The third-order valence-corrected chi connectivity index (χ3v) is 3.63. The Morgan fingerprint density at radius 2 is 2.12 bits per heavy atom. The summed E-state index contributed by atoms with van der Waals surface area (Å²) >= 11 is 0. The van der Waals surface area contributed by atoms with Crippen molar-refractivity contribution in [1.29, 1.82) is 0 Å². The Labute approximate surface area is 95.5 Å². The first kappa shape index (κ1) is 9.79. The average molecular weight is 212 g/mol. The number of pyridine rings is 1. The molecule has 1 aliphatic carbocycles. The molecule has 1 saturated carbocycles. The maximum atomic E-state index is 6.24. The molecule has 1 aromatic carbocycles. The van der Waals surface area contributed by atoms with Gasteiger partial charge in [-0.05, 0) is 36.0 Å². The lowest BCUT2D eigenvalue weighted by Crippen LogP contribution is -2.13. The minimum atomic E-state index is 0.159. The zero-order valence-electron chi connectivity index (χ0n) is 9.43. The van der Waals surface area contributed by atoms with Crippen molar-refractivity contribution in [1.82, 2.24) is 4.98 Å². The van der Waals surface area contributed by atoms with Crippen LogP contribution in [0.5, 0.6) is 0 Å². The second-order valence-electron chi connectivity index (χ2n) is 4.86. The SMILES string of the molecule is CC1CC1C(N)c1cnc2ccccc2c1. The van der Waals surface area contributed by atoms with Gasteiger partial charge in [-0.2, -0.15) is 0 Å². The van der Waals surface area contributed by atoms with Crippen LogP contribution in [0.2, 0.25) is 0 Å². The summed E-state index contributed by atoms with van der Waals surface area (Å²) in [6.07, 6.45) is 3.19. The van der Waals surface area contributed by atoms with Gasteiger partial charge < -0.3 is 5.73 Å². The van der Waals surface area contributed by atoms with Gasteiger partial charge in [-0.3, -0.25) is 4.98 Å². The molecule has 1 aromatic heterocycles. The highest BCUT2D eigenvalue weighted by Gasteiger charge is 2.38. The average Bonchev–Trinajstić information content (AvgIpc) is 3.05. The van der Waals surface area contributed by atoms with Crippen molar-refractivity contribution in [2.75, 3.05) is 0 Å². The zero-order chi connectivity index (χ0) is 11.1. The normalized spacial score (nSPS) is 25.6. The van der Waals surface area contributed by atoms with E-state index in [1.165, 1.54) is 17.4 Å². The Bertz CT molecular complexity index is 521. The molecular weight excluding hydrogens is 196 g/mol. The van der Waals surface area contributed by atoms with E-state index < -0.39 is 0 Å². The molecule has 0 radical (unpaired) electrons. The number of rotatable bonds is 2. The topological polar surface area (TPSA) is 38.9 Å². The molecule has 82 valence electrons. The van der Waals surface area contributed by atoms with Crippen LogP contribution in [0, 0.1) is 11.8 Å². The minimum Gasteiger partial charge on any atom is -0.324 e. The standard InChI is InChI=1S/C14H16N2/c1-9-6-12(9)14(15)11-7-10-4-2-3-5-13(10)16-8-11/h2-5,7-9,12,14H,6,15H2,1H3. The van der Waals surface area contributed by atoms with Crippen molar-refractivity contribution >= 4 is 10.9 Å². The van der Waals surface area contributed by atoms with E-state index in [1.807, 2.05) is 24.4 Å². The number of aromatic nitrogens is 1. The summed E-state index contributed by atoms with van der Waals surface area (Å²) in [5.41, 5.74) is 8.46. The molecule has 3 atom stereocenters. The van der Waals surface area contributed by atoms with E-state index in [9.17, 15) is 0 Å². The molecule has 3 unspecified atom stereocenters. The van der Waals surface area contributed by atoms with Crippen molar-refractivity contribution in [2.45, 2.75) is 19.4 Å². The number of hydrogen-bond donors (Lipinski definition) is 1. The maximum Gasteiger partial charge on any atom is 0.0702 e. The number of para-hydroxylation sites is 1. The van der Waals surface area contributed by atoms with Gasteiger partial charge in [0.2, 0.25) is 0 Å². The molecule has 1 heterocycles. The number of nitrogens with two attached hydrogens (primary N) is 1. The first-order valence-electron chi connectivity index (χ1n) is 5.86. The smallest absolute Gasteiger partial charge is 0.0702 e. The van der Waals surface area contributed by atoms with Gasteiger partial charge in [0, 0.05) is 17.6 Å². The predicted molar refractivity (Wildman–Crippen MR) is 65.9 cm³/mol. The van der Waals surface area contributed by atoms with E-state index in [0.717, 1.165) is 11.4 Å². The van der Waals surface area contributed by atoms with Crippen molar-refractivity contribution in [3.05, 3.63) is 42.1 Å². The van der Waals surface area contributed by atoms with Crippen molar-refractivity contribution in [3.63, 3.8) is 0 Å². The third-order valence-electron chi connectivity index (χ3n) is 3.63. The van der Waals surface area contributed by atoms with E-state index >= 15 is 0 Å². The summed E-state index contributed by atoms with van der Waals surface area (Å²) in [6, 6.07) is 10.5. The fourth-order valence-corrected chi connectivity index (χ4v) is 2.37. The number of nitrogens with zero attached hydrogens (tertiary/aromatic N) is 1. The van der Waals surface area contributed by atoms with Gasteiger partial charge in [-0.25, -0.2) is 0 Å². The highest BCUT2D eigenvalue weighted by Crippen LogP contribution is 2.45. The molecular formula is C14H16N2. The van der Waals surface area contributed by atoms with Crippen LogP contribution in [0.3, 0.4) is 0 Å². The summed E-state index contributed by atoms with van der Waals surface area (Å²) < 4.78 is 0. The third kappa shape index (κ3) is 1.59. The molecule has 0 amide bonds. The summed E-state index contributed by atoms with van der Waals surface area (Å²) in [6.45, 7) is 2.26. The van der Waals surface area contributed by atoms with Crippen LogP contribution in [-0.4, -0.2) is 4.98 Å². The van der Waals surface area contributed by atoms with Gasteiger partial charge in [-0.15, -0.1) is 0 Å². The largest absolute Gasteiger partial charge is 0.324 e. The van der Waals surface area contributed by atoms with Crippen molar-refractivity contribution in [2.24, 2.45) is 17.6 Å². The summed E-state index contributed by atoms with van der Waals surface area (Å²) in [4.78, 5) is 4.46. The van der Waals surface area contributed by atoms with E-state index in [1.54, 1.807) is 0 Å². The van der Waals surface area contributed by atoms with Crippen LogP contribution in [0.25, 0.3) is 10.9 Å². The Balaban J connectivity index is 1.98. The van der Waals surface area contributed by atoms with Gasteiger partial charge in [0.15, 0.2) is 0 Å². The fraction of sp³-hybridized carbons (Fsp3) is 0.357. The molecule has 16 heavy (non-hydrogen) atoms. The lowest BCUT2D eigenvalue weighted by atomic mass is 10.0. The Kier molecular flexibility index (Phi) is 2.18. The summed E-state index contributed by atoms with van der Waals surface area (Å²) in [7, 11) is 0. The quantitative estimate of drug-likeness (QED) is 0.831. The second-order valence-corrected chi connectivity index (χ2v) is 4.86. The van der Waals surface area contributed by atoms with Crippen LogP contribution >= 0.6 is 0 Å². The zero-order valence-corrected chi connectivity index (χ0v) is 9.43. The predicted octanol–water partition coefficient (Wildman–Crippen LogP) is 2.89. The Hall–Kier alpha value is -1.41. The Morgan fingerprint density at radius 3 is 2.88 bits per heavy atom. The lowest BCUT2D eigenvalue weighted by molar-refractivity contribution is 0.592. The van der Waals surface area contributed by atoms with Crippen molar-refractivity contribution < 1.29 is 0 Å². The Morgan fingerprint density at radius 1 is 1.38 bits per heavy atom. The highest BCUT2D eigenvalue weighted by molar-refractivity contribution is 5.78. The molecule has 0 aliphatic heterocycles. The van der Waals surface area contributed by atoms with Gasteiger partial charge in [0.05, 0.1) is 5.52 Å². The number of fused-ring (bicyclic) bond motifs is 1. The highest BCUT2D eigenvalue weighted by atomic mass is 14.7. The van der Waals surface area contributed by atoms with E-state index in [2.05, 4.69) is 24.0 Å². The van der Waals surface area contributed by atoms with Gasteiger partial charge in [0.1, 0.15) is 0 Å². The molecule has 0 saturated heterocycles. The van der Waals surface area contributed by atoms with E-state index in [-0.39, 0.29) is 6.04 Å². The number of benzene rings is 1. The van der Waals surface area contributed by atoms with E-state index in [0.29, 0.717) is 5.92 Å². The fourth-order valence-electron chi connectivity index (χ4n) is 2.37. The van der Waals surface area contributed by atoms with Crippen LogP contribution in [0.4, 0.5) is 0 Å². The number of hydrogen-bond acceptors (Lipinski definition) is 2. The lowest BCUT2D eigenvalue weighted by Gasteiger charge is -2.11. The molecule has 1 fully saturated rings. The first-order chi connectivity index (χ1) is 7.75. The molecule has 2 heteroatoms. The maximum absolute atomic E-state index is 6.24. The molecule has 2 nitrogen and oxygen atoms in total. The van der Waals surface area contributed by atoms with Crippen molar-refractivity contribution in [3.8, 4) is 0 Å². The summed E-state index contributed by atoms with van der Waals surface area (Å²) in [5.74, 6) is 1.43. The van der Waals surface area contributed by atoms with Gasteiger partial charge in [-0.1, -0.05) is 25.1 Å². The molecule has 0 bridgehead atoms. The minimum absolute atomic E-state index is 0.159. The monoisotopic (exact) mass is 212 g/mol. The van der Waals surface area contributed by atoms with E-state index in [4.69, 9.17) is 5.73 Å². The summed E-state index contributed by atoms with van der Waals surface area (Å²) in [5, 5.41) is 1.18. The molecule has 2 aromatic rings. The van der Waals surface area contributed by atoms with Crippen LogP contribution < -0.4 is 5.73 Å². The molecule has 2 N–H and O–H groups in total.